The number of carbonyl (C=O) groups excluding carboxylic acids is 1. The third-order valence-electron chi connectivity index (χ3n) is 3.29. The molecule has 0 bridgehead atoms. The molecule has 0 N–H and O–H groups in total. The minimum absolute atomic E-state index is 0.0580. The molecule has 1 aromatic carbocycles. The Morgan fingerprint density at radius 3 is 2.94 bits per heavy atom. The number of nitrogens with zero attached hydrogens (tertiary/aromatic N) is 4. The van der Waals surface area contributed by atoms with Gasteiger partial charge in [-0.05, 0) is 25.5 Å². The molecule has 0 unspecified atom stereocenters. The first-order chi connectivity index (χ1) is 8.27. The zero-order valence-corrected chi connectivity index (χ0v) is 9.71. The number of aromatic nitrogens is 3. The average Bonchev–Trinajstić information content (AvgIpc) is 2.94. The number of hydrogen-bond acceptors (Lipinski definition) is 3. The summed E-state index contributed by atoms with van der Waals surface area (Å²) in [4.78, 5) is 13.6. The molecule has 0 radical (unpaired) electrons. The summed E-state index contributed by atoms with van der Waals surface area (Å²) in [6.07, 6.45) is 1.53. The van der Waals surface area contributed by atoms with Crippen LogP contribution in [0.1, 0.15) is 25.9 Å². The lowest BCUT2D eigenvalue weighted by molar-refractivity contribution is -0.131. The number of carbonyl (C=O) groups is 1. The van der Waals surface area contributed by atoms with Crippen LogP contribution in [0.25, 0.3) is 11.0 Å². The summed E-state index contributed by atoms with van der Waals surface area (Å²) < 4.78 is 1.82. The van der Waals surface area contributed by atoms with E-state index in [2.05, 4.69) is 10.3 Å². The quantitative estimate of drug-likeness (QED) is 0.787. The van der Waals surface area contributed by atoms with Crippen molar-refractivity contribution < 1.29 is 4.79 Å². The van der Waals surface area contributed by atoms with Gasteiger partial charge in [-0.2, -0.15) is 0 Å². The van der Waals surface area contributed by atoms with E-state index >= 15 is 0 Å². The van der Waals surface area contributed by atoms with Gasteiger partial charge in [-0.25, -0.2) is 4.68 Å². The molecular formula is C12H14N4O. The average molecular weight is 230 g/mol. The third kappa shape index (κ3) is 1.58. The predicted molar refractivity (Wildman–Crippen MR) is 63.2 cm³/mol. The molecule has 1 saturated heterocycles. The molecule has 0 saturated carbocycles. The maximum atomic E-state index is 11.7. The standard InChI is InChI=1S/C12H14N4O/c1-9(15-8-4-7-12(15)17)16-11-6-3-2-5-10(11)13-14-16/h2-3,5-6,9H,4,7-8H2,1H3/t9-/m1/s1. The summed E-state index contributed by atoms with van der Waals surface area (Å²) in [6.45, 7) is 2.80. The summed E-state index contributed by atoms with van der Waals surface area (Å²) in [6, 6.07) is 7.80. The van der Waals surface area contributed by atoms with E-state index in [1.807, 2.05) is 40.8 Å². The van der Waals surface area contributed by atoms with Crippen molar-refractivity contribution >= 4 is 16.9 Å². The lowest BCUT2D eigenvalue weighted by Gasteiger charge is -2.24. The van der Waals surface area contributed by atoms with Crippen molar-refractivity contribution in [3.8, 4) is 0 Å². The van der Waals surface area contributed by atoms with E-state index in [-0.39, 0.29) is 12.1 Å². The fraction of sp³-hybridized carbons (Fsp3) is 0.417. The van der Waals surface area contributed by atoms with Crippen LogP contribution in [-0.2, 0) is 4.79 Å². The van der Waals surface area contributed by atoms with Crippen molar-refractivity contribution in [2.75, 3.05) is 6.54 Å². The largest absolute Gasteiger partial charge is 0.321 e. The van der Waals surface area contributed by atoms with Crippen LogP contribution in [0.4, 0.5) is 0 Å². The topological polar surface area (TPSA) is 51.0 Å². The van der Waals surface area contributed by atoms with Gasteiger partial charge >= 0.3 is 0 Å². The maximum Gasteiger partial charge on any atom is 0.224 e. The molecule has 5 nitrogen and oxygen atoms in total. The van der Waals surface area contributed by atoms with Gasteiger partial charge in [-0.3, -0.25) is 4.79 Å². The van der Waals surface area contributed by atoms with Crippen molar-refractivity contribution in [2.24, 2.45) is 0 Å². The summed E-state index contributed by atoms with van der Waals surface area (Å²) in [5, 5.41) is 8.26. The first-order valence-corrected chi connectivity index (χ1v) is 5.87. The molecule has 1 aliphatic heterocycles. The van der Waals surface area contributed by atoms with Crippen molar-refractivity contribution in [2.45, 2.75) is 25.9 Å². The van der Waals surface area contributed by atoms with Gasteiger partial charge in [0.1, 0.15) is 11.7 Å². The molecule has 5 heteroatoms. The minimum atomic E-state index is -0.0580. The normalized spacial score (nSPS) is 17.9. The molecule has 2 aromatic rings. The number of amides is 1. The van der Waals surface area contributed by atoms with Gasteiger partial charge in [0.05, 0.1) is 5.52 Å². The number of hydrogen-bond donors (Lipinski definition) is 0. The zero-order chi connectivity index (χ0) is 11.8. The number of benzene rings is 1. The summed E-state index contributed by atoms with van der Waals surface area (Å²) >= 11 is 0. The molecule has 1 aromatic heterocycles. The first-order valence-electron chi connectivity index (χ1n) is 5.87. The Bertz CT molecular complexity index is 562. The Morgan fingerprint density at radius 1 is 1.35 bits per heavy atom. The van der Waals surface area contributed by atoms with Crippen LogP contribution in [-0.4, -0.2) is 32.3 Å². The second-order valence-electron chi connectivity index (χ2n) is 4.35. The second-order valence-corrected chi connectivity index (χ2v) is 4.35. The van der Waals surface area contributed by atoms with E-state index in [1.165, 1.54) is 0 Å². The summed E-state index contributed by atoms with van der Waals surface area (Å²) in [7, 11) is 0. The van der Waals surface area contributed by atoms with E-state index < -0.39 is 0 Å². The molecule has 0 spiro atoms. The van der Waals surface area contributed by atoms with Gasteiger partial charge in [0.15, 0.2) is 0 Å². The Kier molecular flexibility index (Phi) is 2.31. The fourth-order valence-electron chi connectivity index (χ4n) is 2.36. The van der Waals surface area contributed by atoms with Crippen LogP contribution in [0, 0.1) is 0 Å². The van der Waals surface area contributed by atoms with Gasteiger partial charge in [0.2, 0.25) is 5.91 Å². The zero-order valence-electron chi connectivity index (χ0n) is 9.71. The highest BCUT2D eigenvalue weighted by atomic mass is 16.2. The lowest BCUT2D eigenvalue weighted by atomic mass is 10.3. The molecule has 1 amide bonds. The predicted octanol–water partition coefficient (Wildman–Crippen LogP) is 1.57. The molecule has 0 aliphatic carbocycles. The second kappa shape index (κ2) is 3.84. The minimum Gasteiger partial charge on any atom is -0.321 e. The molecular weight excluding hydrogens is 216 g/mol. The van der Waals surface area contributed by atoms with Crippen LogP contribution in [0.15, 0.2) is 24.3 Å². The first kappa shape index (κ1) is 10.3. The van der Waals surface area contributed by atoms with Crippen LogP contribution < -0.4 is 0 Å². The third-order valence-corrected chi connectivity index (χ3v) is 3.29. The van der Waals surface area contributed by atoms with Gasteiger partial charge in [0, 0.05) is 13.0 Å². The summed E-state index contributed by atoms with van der Waals surface area (Å²) in [5.41, 5.74) is 1.84. The maximum absolute atomic E-state index is 11.7. The van der Waals surface area contributed by atoms with E-state index in [4.69, 9.17) is 0 Å². The van der Waals surface area contributed by atoms with Crippen molar-refractivity contribution in [1.82, 2.24) is 19.9 Å². The summed E-state index contributed by atoms with van der Waals surface area (Å²) in [5.74, 6) is 0.206. The van der Waals surface area contributed by atoms with Crippen LogP contribution in [0.3, 0.4) is 0 Å². The van der Waals surface area contributed by atoms with Crippen molar-refractivity contribution in [1.29, 1.82) is 0 Å². The molecule has 1 aliphatic rings. The molecule has 2 heterocycles. The van der Waals surface area contributed by atoms with Gasteiger partial charge in [0.25, 0.3) is 0 Å². The Balaban J connectivity index is 2.00. The van der Waals surface area contributed by atoms with Gasteiger partial charge < -0.3 is 4.90 Å². The van der Waals surface area contributed by atoms with E-state index in [0.717, 1.165) is 24.0 Å². The molecule has 88 valence electrons. The Morgan fingerprint density at radius 2 is 2.18 bits per heavy atom. The number of para-hydroxylation sites is 1. The monoisotopic (exact) mass is 230 g/mol. The Labute approximate surface area is 99.0 Å². The number of rotatable bonds is 2. The molecule has 1 fully saturated rings. The SMILES string of the molecule is C[C@H](N1CCCC1=O)n1nnc2ccccc21. The van der Waals surface area contributed by atoms with Crippen LogP contribution in [0.2, 0.25) is 0 Å². The van der Waals surface area contributed by atoms with Gasteiger partial charge in [-0.15, -0.1) is 5.10 Å². The van der Waals surface area contributed by atoms with Crippen molar-refractivity contribution in [3.63, 3.8) is 0 Å². The highest BCUT2D eigenvalue weighted by molar-refractivity contribution is 5.79. The lowest BCUT2D eigenvalue weighted by Crippen LogP contribution is -2.32. The highest BCUT2D eigenvalue weighted by Gasteiger charge is 2.27. The fourth-order valence-corrected chi connectivity index (χ4v) is 2.36. The molecule has 3 rings (SSSR count). The van der Waals surface area contributed by atoms with E-state index in [0.29, 0.717) is 6.42 Å². The highest BCUT2D eigenvalue weighted by Crippen LogP contribution is 2.23. The molecule has 1 atom stereocenters. The van der Waals surface area contributed by atoms with Crippen LogP contribution >= 0.6 is 0 Å². The number of fused-ring (bicyclic) bond motifs is 1. The molecule has 17 heavy (non-hydrogen) atoms. The van der Waals surface area contributed by atoms with E-state index in [1.54, 1.807) is 0 Å². The van der Waals surface area contributed by atoms with Crippen LogP contribution in [0.5, 0.6) is 0 Å². The van der Waals surface area contributed by atoms with E-state index in [9.17, 15) is 4.79 Å². The Hall–Kier alpha value is -1.91. The smallest absolute Gasteiger partial charge is 0.224 e. The van der Waals surface area contributed by atoms with Gasteiger partial charge in [-0.1, -0.05) is 17.3 Å². The number of likely N-dealkylation sites (tertiary alicyclic amines) is 1. The van der Waals surface area contributed by atoms with Crippen molar-refractivity contribution in [3.05, 3.63) is 24.3 Å².